The molecule has 116 valence electrons. The van der Waals surface area contributed by atoms with E-state index in [1.165, 1.54) is 0 Å². The zero-order valence-corrected chi connectivity index (χ0v) is 13.6. The molecule has 0 aliphatic carbocycles. The summed E-state index contributed by atoms with van der Waals surface area (Å²) >= 11 is 0. The SMILES string of the molecule is O=S(C[C@H](Nc1ccccc1)c1ccccc1)c1ccccc1. The predicted molar refractivity (Wildman–Crippen MR) is 97.0 cm³/mol. The number of rotatable bonds is 6. The van der Waals surface area contributed by atoms with Gasteiger partial charge in [0.1, 0.15) is 0 Å². The zero-order valence-electron chi connectivity index (χ0n) is 12.8. The topological polar surface area (TPSA) is 29.1 Å². The lowest BCUT2D eigenvalue weighted by atomic mass is 10.1. The smallest absolute Gasteiger partial charge is 0.0632 e. The highest BCUT2D eigenvalue weighted by Crippen LogP contribution is 2.22. The first-order chi connectivity index (χ1) is 11.3. The van der Waals surface area contributed by atoms with Crippen LogP contribution in [0.1, 0.15) is 11.6 Å². The van der Waals surface area contributed by atoms with Gasteiger partial charge in [-0.15, -0.1) is 0 Å². The number of benzene rings is 3. The Morgan fingerprint density at radius 2 is 1.26 bits per heavy atom. The summed E-state index contributed by atoms with van der Waals surface area (Å²) in [4.78, 5) is 0.864. The Bertz CT molecular complexity index is 744. The van der Waals surface area contributed by atoms with Gasteiger partial charge < -0.3 is 5.32 Å². The molecule has 0 aromatic heterocycles. The van der Waals surface area contributed by atoms with Crippen LogP contribution in [0.3, 0.4) is 0 Å². The molecule has 0 saturated carbocycles. The third kappa shape index (κ3) is 4.30. The maximum Gasteiger partial charge on any atom is 0.0632 e. The van der Waals surface area contributed by atoms with Crippen molar-refractivity contribution < 1.29 is 4.21 Å². The number of anilines is 1. The summed E-state index contributed by atoms with van der Waals surface area (Å²) in [6, 6.07) is 29.8. The molecule has 3 aromatic rings. The van der Waals surface area contributed by atoms with Gasteiger partial charge in [0.25, 0.3) is 0 Å². The molecular weight excluding hydrogens is 302 g/mol. The standard InChI is InChI=1S/C20H19NOS/c22-23(19-14-8-3-9-15-19)16-20(17-10-4-1-5-11-17)21-18-12-6-2-7-13-18/h1-15,20-21H,16H2/t20-,23?/m0/s1. The lowest BCUT2D eigenvalue weighted by Crippen LogP contribution is -2.18. The molecule has 0 amide bonds. The van der Waals surface area contributed by atoms with E-state index >= 15 is 0 Å². The minimum Gasteiger partial charge on any atom is -0.377 e. The van der Waals surface area contributed by atoms with E-state index in [2.05, 4.69) is 17.4 Å². The maximum absolute atomic E-state index is 12.7. The number of hydrogen-bond acceptors (Lipinski definition) is 2. The van der Waals surface area contributed by atoms with E-state index in [1.54, 1.807) is 0 Å². The van der Waals surface area contributed by atoms with Crippen LogP contribution in [0.4, 0.5) is 5.69 Å². The molecule has 3 rings (SSSR count). The molecule has 3 heteroatoms. The van der Waals surface area contributed by atoms with Gasteiger partial charge in [0, 0.05) is 10.6 Å². The van der Waals surface area contributed by atoms with E-state index in [4.69, 9.17) is 0 Å². The molecule has 0 saturated heterocycles. The van der Waals surface area contributed by atoms with Crippen molar-refractivity contribution >= 4 is 16.5 Å². The molecule has 0 heterocycles. The molecule has 0 fully saturated rings. The average molecular weight is 321 g/mol. The van der Waals surface area contributed by atoms with Crippen LogP contribution in [0, 0.1) is 0 Å². The molecule has 3 aromatic carbocycles. The number of hydrogen-bond donors (Lipinski definition) is 1. The summed E-state index contributed by atoms with van der Waals surface area (Å²) in [6.45, 7) is 0. The second-order valence-electron chi connectivity index (χ2n) is 5.30. The van der Waals surface area contributed by atoms with E-state index in [-0.39, 0.29) is 6.04 Å². The van der Waals surface area contributed by atoms with Crippen molar-refractivity contribution in [2.24, 2.45) is 0 Å². The summed E-state index contributed by atoms with van der Waals surface area (Å²) in [7, 11) is -1.05. The fourth-order valence-electron chi connectivity index (χ4n) is 2.46. The van der Waals surface area contributed by atoms with Crippen molar-refractivity contribution in [2.45, 2.75) is 10.9 Å². The van der Waals surface area contributed by atoms with Gasteiger partial charge in [0.05, 0.1) is 22.6 Å². The fraction of sp³-hybridized carbons (Fsp3) is 0.100. The quantitative estimate of drug-likeness (QED) is 0.716. The van der Waals surface area contributed by atoms with Crippen LogP contribution in [-0.2, 0) is 10.8 Å². The van der Waals surface area contributed by atoms with Gasteiger partial charge in [0.2, 0.25) is 0 Å². The third-order valence-corrected chi connectivity index (χ3v) is 5.07. The first-order valence-electron chi connectivity index (χ1n) is 7.63. The predicted octanol–water partition coefficient (Wildman–Crippen LogP) is 4.65. The molecule has 0 radical (unpaired) electrons. The van der Waals surface area contributed by atoms with Crippen molar-refractivity contribution in [3.8, 4) is 0 Å². The van der Waals surface area contributed by atoms with Crippen LogP contribution in [0.15, 0.2) is 95.9 Å². The Kier molecular flexibility index (Phi) is 5.22. The highest BCUT2D eigenvalue weighted by Gasteiger charge is 2.16. The van der Waals surface area contributed by atoms with E-state index in [0.29, 0.717) is 5.75 Å². The molecule has 0 spiro atoms. The van der Waals surface area contributed by atoms with Crippen molar-refractivity contribution in [2.75, 3.05) is 11.1 Å². The molecule has 23 heavy (non-hydrogen) atoms. The second kappa shape index (κ2) is 7.75. The molecule has 0 aliphatic heterocycles. The van der Waals surface area contributed by atoms with E-state index in [9.17, 15) is 4.21 Å². The second-order valence-corrected chi connectivity index (χ2v) is 6.79. The van der Waals surface area contributed by atoms with Crippen LogP contribution in [0.25, 0.3) is 0 Å². The van der Waals surface area contributed by atoms with Gasteiger partial charge >= 0.3 is 0 Å². The minimum absolute atomic E-state index is 0.000334. The van der Waals surface area contributed by atoms with E-state index in [1.807, 2.05) is 78.9 Å². The van der Waals surface area contributed by atoms with Gasteiger partial charge in [-0.2, -0.15) is 0 Å². The number of para-hydroxylation sites is 1. The lowest BCUT2D eigenvalue weighted by molar-refractivity contribution is 0.678. The zero-order chi connectivity index (χ0) is 15.9. The van der Waals surface area contributed by atoms with Crippen molar-refractivity contribution in [1.82, 2.24) is 0 Å². The van der Waals surface area contributed by atoms with Crippen LogP contribution in [0.5, 0.6) is 0 Å². The molecular formula is C20H19NOS. The Balaban J connectivity index is 1.82. The summed E-state index contributed by atoms with van der Waals surface area (Å²) < 4.78 is 12.7. The highest BCUT2D eigenvalue weighted by atomic mass is 32.2. The van der Waals surface area contributed by atoms with Gasteiger partial charge in [-0.1, -0.05) is 66.7 Å². The summed E-state index contributed by atoms with van der Waals surface area (Å²) in [5.41, 5.74) is 2.17. The normalized spacial score (nSPS) is 13.2. The summed E-state index contributed by atoms with van der Waals surface area (Å²) in [5.74, 6) is 0.531. The van der Waals surface area contributed by atoms with E-state index < -0.39 is 10.8 Å². The van der Waals surface area contributed by atoms with Crippen LogP contribution in [-0.4, -0.2) is 9.96 Å². The van der Waals surface area contributed by atoms with Gasteiger partial charge in [-0.3, -0.25) is 4.21 Å². The molecule has 0 bridgehead atoms. The lowest BCUT2D eigenvalue weighted by Gasteiger charge is -2.20. The van der Waals surface area contributed by atoms with Crippen LogP contribution < -0.4 is 5.32 Å². The van der Waals surface area contributed by atoms with Crippen molar-refractivity contribution in [3.05, 3.63) is 96.6 Å². The number of nitrogens with one attached hydrogen (secondary N) is 1. The van der Waals surface area contributed by atoms with Crippen molar-refractivity contribution in [3.63, 3.8) is 0 Å². The molecule has 1 N–H and O–H groups in total. The molecule has 2 nitrogen and oxygen atoms in total. The molecule has 0 aliphatic rings. The van der Waals surface area contributed by atoms with Gasteiger partial charge in [-0.05, 0) is 29.8 Å². The molecule has 2 atom stereocenters. The van der Waals surface area contributed by atoms with Crippen LogP contribution in [0.2, 0.25) is 0 Å². The minimum atomic E-state index is -1.05. The average Bonchev–Trinajstić information content (AvgIpc) is 2.63. The Labute approximate surface area is 139 Å². The summed E-state index contributed by atoms with van der Waals surface area (Å²) in [6.07, 6.45) is 0. The van der Waals surface area contributed by atoms with Gasteiger partial charge in [0.15, 0.2) is 0 Å². The fourth-order valence-corrected chi connectivity index (χ4v) is 3.69. The van der Waals surface area contributed by atoms with Crippen LogP contribution >= 0.6 is 0 Å². The van der Waals surface area contributed by atoms with E-state index in [0.717, 1.165) is 16.1 Å². The maximum atomic E-state index is 12.7. The third-order valence-electron chi connectivity index (χ3n) is 3.64. The highest BCUT2D eigenvalue weighted by molar-refractivity contribution is 7.85. The Morgan fingerprint density at radius 3 is 1.87 bits per heavy atom. The largest absolute Gasteiger partial charge is 0.377 e. The monoisotopic (exact) mass is 321 g/mol. The van der Waals surface area contributed by atoms with Crippen molar-refractivity contribution in [1.29, 1.82) is 0 Å². The molecule has 1 unspecified atom stereocenters. The summed E-state index contributed by atoms with van der Waals surface area (Å²) in [5, 5.41) is 3.50. The first-order valence-corrected chi connectivity index (χ1v) is 8.95. The first kappa shape index (κ1) is 15.5. The Morgan fingerprint density at radius 1 is 0.739 bits per heavy atom. The Hall–Kier alpha value is -2.39. The van der Waals surface area contributed by atoms with Gasteiger partial charge in [-0.25, -0.2) is 0 Å².